The second-order valence-corrected chi connectivity index (χ2v) is 29.9. The van der Waals surface area contributed by atoms with Crippen molar-refractivity contribution >= 4 is 183 Å². The van der Waals surface area contributed by atoms with Gasteiger partial charge in [-0.3, -0.25) is 0 Å². The summed E-state index contributed by atoms with van der Waals surface area (Å²) in [6.45, 7) is 9.11. The Labute approximate surface area is 581 Å². The van der Waals surface area contributed by atoms with Gasteiger partial charge in [-0.25, -0.2) is 0 Å². The lowest BCUT2D eigenvalue weighted by Crippen LogP contribution is -2.63. The third kappa shape index (κ3) is 11.6. The van der Waals surface area contributed by atoms with Crippen LogP contribution < -0.4 is 52.4 Å². The largest absolute Gasteiger partial charge is 0.311 e. The highest BCUT2D eigenvalue weighted by molar-refractivity contribution is 14.1. The summed E-state index contributed by atoms with van der Waals surface area (Å²) in [5, 5.41) is 0. The molecule has 0 saturated heterocycles. The predicted molar refractivity (Wildman–Crippen MR) is 415 cm³/mol. The van der Waals surface area contributed by atoms with Crippen LogP contribution in [-0.4, -0.2) is 13.4 Å². The van der Waals surface area contributed by atoms with Crippen LogP contribution in [0.3, 0.4) is 0 Å². The van der Waals surface area contributed by atoms with E-state index in [9.17, 15) is 0 Å². The second kappa shape index (κ2) is 26.7. The molecule has 0 unspecified atom stereocenters. The van der Waals surface area contributed by atoms with E-state index in [0.717, 1.165) is 59.8 Å². The van der Waals surface area contributed by atoms with Gasteiger partial charge in [0.25, 0.3) is 0 Å². The fraction of sp³-hybridized carbons (Fsp3) is 0.195. The molecule has 0 saturated carbocycles. The minimum atomic E-state index is -0.0119. The summed E-state index contributed by atoms with van der Waals surface area (Å²) >= 11 is 8.82. The maximum absolute atomic E-state index is 2.67. The van der Waals surface area contributed by atoms with Crippen LogP contribution >= 0.6 is 68.7 Å². The SMILES string of the molecule is CCCCc1ccc(N(c2ccc(I)cc2)c2cc3c4c(c2)N(c2ccc(CCCC)cc2)c2ccccc2B4c2cc4c(cc2S3)Sc2cc(N(c3ccc(I)cc3)c3ccc(CCCC)cc3)cc3c2B4c2ccccc2N3c2ccc(CCCC)cc2)cc1. The van der Waals surface area contributed by atoms with Gasteiger partial charge in [0, 0.05) is 95.0 Å². The molecule has 0 radical (unpaired) electrons. The molecule has 11 aromatic carbocycles. The van der Waals surface area contributed by atoms with Crippen molar-refractivity contribution in [3.05, 3.63) is 260 Å². The molecule has 0 N–H and O–H groups in total. The van der Waals surface area contributed by atoms with Crippen molar-refractivity contribution in [2.45, 2.75) is 124 Å². The number of hydrogen-bond acceptors (Lipinski definition) is 6. The number of hydrogen-bond donors (Lipinski definition) is 0. The first kappa shape index (κ1) is 61.1. The number of fused-ring (bicyclic) bond motifs is 8. The van der Waals surface area contributed by atoms with E-state index in [0.29, 0.717) is 0 Å². The van der Waals surface area contributed by atoms with Crippen molar-refractivity contribution in [2.24, 2.45) is 0 Å². The molecule has 0 atom stereocenters. The molecule has 0 aromatic heterocycles. The van der Waals surface area contributed by atoms with Crippen molar-refractivity contribution < 1.29 is 0 Å². The predicted octanol–water partition coefficient (Wildman–Crippen LogP) is 20.7. The smallest absolute Gasteiger partial charge is 0.249 e. The molecule has 15 rings (SSSR count). The summed E-state index contributed by atoms with van der Waals surface area (Å²) in [7, 11) is 0. The lowest BCUT2D eigenvalue weighted by molar-refractivity contribution is 0.795. The van der Waals surface area contributed by atoms with Crippen LogP contribution in [-0.2, 0) is 25.7 Å². The average Bonchev–Trinajstić information content (AvgIpc) is 0.701. The van der Waals surface area contributed by atoms with Gasteiger partial charge >= 0.3 is 0 Å². The first-order chi connectivity index (χ1) is 45.2. The molecule has 4 nitrogen and oxygen atoms in total. The third-order valence-electron chi connectivity index (χ3n) is 19.2. The molecule has 11 aromatic rings. The van der Waals surface area contributed by atoms with Crippen molar-refractivity contribution in [3.63, 3.8) is 0 Å². The van der Waals surface area contributed by atoms with E-state index in [-0.39, 0.29) is 13.4 Å². The first-order valence-corrected chi connectivity index (χ1v) is 37.2. The van der Waals surface area contributed by atoms with E-state index in [1.807, 2.05) is 23.5 Å². The van der Waals surface area contributed by atoms with Gasteiger partial charge in [0.15, 0.2) is 0 Å². The maximum atomic E-state index is 2.67. The fourth-order valence-electron chi connectivity index (χ4n) is 14.5. The van der Waals surface area contributed by atoms with Crippen molar-refractivity contribution in [3.8, 4) is 0 Å². The molecule has 0 bridgehead atoms. The number of benzene rings is 11. The minimum absolute atomic E-state index is 0.0119. The van der Waals surface area contributed by atoms with Crippen LogP contribution in [0.4, 0.5) is 68.2 Å². The lowest BCUT2D eigenvalue weighted by atomic mass is 9.32. The highest BCUT2D eigenvalue weighted by Gasteiger charge is 2.46. The van der Waals surface area contributed by atoms with E-state index in [4.69, 9.17) is 0 Å². The minimum Gasteiger partial charge on any atom is -0.311 e. The molecule has 10 heteroatoms. The number of nitrogens with zero attached hydrogens (tertiary/aromatic N) is 4. The number of para-hydroxylation sites is 2. The Bertz CT molecular complexity index is 4220. The van der Waals surface area contributed by atoms with E-state index >= 15 is 0 Å². The molecule has 4 heterocycles. The van der Waals surface area contributed by atoms with Crippen LogP contribution in [0.1, 0.15) is 101 Å². The second-order valence-electron chi connectivity index (χ2n) is 25.2. The molecular weight excluding hydrogens is 1380 g/mol. The molecule has 0 spiro atoms. The molecule has 4 aliphatic rings. The summed E-state index contributed by atoms with van der Waals surface area (Å²) < 4.78 is 2.44. The standard InChI is InChI=1S/C82H74B2I2N4S2/c1-5-9-17-55-25-37-61(38-26-55)87(63-45-33-59(85)34-46-63)67-49-75-81-79(51-67)91-77-54-78-72(53-71(77)83(81)69-21-13-15-23-73(69)89(75)65-41-29-57(30-42-65)19-11-7-3)84-70-22-14-16-24-74(70)90(66-43-31-58(32-44-66)20-12-8-4)76-50-68(52-80(92-78)82(76)84)88(64-47-35-60(86)36-48-64)62-39-27-56(28-40-62)18-10-6-2/h13-16,21-54H,5-12,17-20H2,1-4H3. The zero-order valence-corrected chi connectivity index (χ0v) is 58.9. The monoisotopic (exact) mass is 1450 g/mol. The van der Waals surface area contributed by atoms with Crippen LogP contribution in [0.25, 0.3) is 0 Å². The highest BCUT2D eigenvalue weighted by Crippen LogP contribution is 2.50. The molecule has 454 valence electrons. The van der Waals surface area contributed by atoms with Crippen molar-refractivity contribution in [1.82, 2.24) is 0 Å². The summed E-state index contributed by atoms with van der Waals surface area (Å²) in [6.07, 6.45) is 13.8. The number of halogens is 2. The first-order valence-electron chi connectivity index (χ1n) is 33.4. The van der Waals surface area contributed by atoms with Gasteiger partial charge in [-0.2, -0.15) is 0 Å². The lowest BCUT2D eigenvalue weighted by Gasteiger charge is -2.43. The zero-order valence-electron chi connectivity index (χ0n) is 52.9. The molecule has 4 aliphatic heterocycles. The van der Waals surface area contributed by atoms with E-state index in [1.165, 1.54) is 167 Å². The van der Waals surface area contributed by atoms with Crippen molar-refractivity contribution in [2.75, 3.05) is 19.6 Å². The van der Waals surface area contributed by atoms with Gasteiger partial charge in [-0.05, 0) is 280 Å². The Morgan fingerprint density at radius 1 is 0.315 bits per heavy atom. The van der Waals surface area contributed by atoms with Crippen LogP contribution in [0.15, 0.2) is 250 Å². The fourth-order valence-corrected chi connectivity index (χ4v) is 17.8. The quantitative estimate of drug-likeness (QED) is 0.0553. The normalized spacial score (nSPS) is 13.0. The third-order valence-corrected chi connectivity index (χ3v) is 22.9. The molecule has 0 aliphatic carbocycles. The van der Waals surface area contributed by atoms with Crippen LogP contribution in [0.2, 0.25) is 0 Å². The summed E-state index contributed by atoms with van der Waals surface area (Å²) in [6, 6.07) is 89.8. The summed E-state index contributed by atoms with van der Waals surface area (Å²) in [4.78, 5) is 15.4. The van der Waals surface area contributed by atoms with Crippen molar-refractivity contribution in [1.29, 1.82) is 0 Å². The summed E-state index contributed by atoms with van der Waals surface area (Å²) in [5.74, 6) is 0. The van der Waals surface area contributed by atoms with Gasteiger partial charge in [-0.15, -0.1) is 0 Å². The number of anilines is 12. The Hall–Kier alpha value is -7.09. The van der Waals surface area contributed by atoms with Gasteiger partial charge < -0.3 is 19.6 Å². The van der Waals surface area contributed by atoms with Gasteiger partial charge in [-0.1, -0.05) is 179 Å². The van der Waals surface area contributed by atoms with Crippen LogP contribution in [0, 0.1) is 7.14 Å². The van der Waals surface area contributed by atoms with Gasteiger partial charge in [0.05, 0.1) is 0 Å². The number of rotatable bonds is 20. The zero-order chi connectivity index (χ0) is 62.4. The highest BCUT2D eigenvalue weighted by atomic mass is 127. The Morgan fingerprint density at radius 3 is 0.989 bits per heavy atom. The van der Waals surface area contributed by atoms with E-state index in [1.54, 1.807) is 0 Å². The number of unbranched alkanes of at least 4 members (excludes halogenated alkanes) is 4. The van der Waals surface area contributed by atoms with Gasteiger partial charge in [0.2, 0.25) is 13.4 Å². The molecular formula is C82H74B2I2N4S2. The van der Waals surface area contributed by atoms with E-state index in [2.05, 4.69) is 323 Å². The van der Waals surface area contributed by atoms with E-state index < -0.39 is 0 Å². The number of aryl methyl sites for hydroxylation is 4. The summed E-state index contributed by atoms with van der Waals surface area (Å²) in [5.41, 5.74) is 27.9. The Kier molecular flexibility index (Phi) is 17.8. The van der Waals surface area contributed by atoms with Crippen LogP contribution in [0.5, 0.6) is 0 Å². The Morgan fingerprint density at radius 2 is 0.641 bits per heavy atom. The topological polar surface area (TPSA) is 13.0 Å². The molecule has 0 fully saturated rings. The molecule has 92 heavy (non-hydrogen) atoms. The maximum Gasteiger partial charge on any atom is 0.249 e. The molecule has 0 amide bonds. The van der Waals surface area contributed by atoms with Gasteiger partial charge in [0.1, 0.15) is 0 Å². The average molecular weight is 1460 g/mol. The Balaban J connectivity index is 0.936.